The first-order valence-corrected chi connectivity index (χ1v) is 6.26. The molecule has 0 bridgehead atoms. The highest BCUT2D eigenvalue weighted by molar-refractivity contribution is 14.2. The summed E-state index contributed by atoms with van der Waals surface area (Å²) in [6.07, 6.45) is 2.85. The second-order valence-corrected chi connectivity index (χ2v) is 3.64. The summed E-state index contributed by atoms with van der Waals surface area (Å²) >= 11 is 2.15. The van der Waals surface area contributed by atoms with Crippen molar-refractivity contribution in [2.24, 2.45) is 0 Å². The fraction of sp³-hybridized carbons (Fsp3) is 1.00. The Balaban J connectivity index is 1.98. The van der Waals surface area contributed by atoms with Crippen LogP contribution in [0, 0.1) is 0 Å². The first kappa shape index (κ1) is 8.10. The van der Waals surface area contributed by atoms with Crippen molar-refractivity contribution in [1.82, 2.24) is 5.32 Å². The Labute approximate surface area is 71.9 Å². The molecule has 0 amide bonds. The summed E-state index contributed by atoms with van der Waals surface area (Å²) in [5.41, 5.74) is 0. The van der Waals surface area contributed by atoms with Crippen LogP contribution in [0.2, 0.25) is 0 Å². The zero-order valence-corrected chi connectivity index (χ0v) is 8.24. The topological polar surface area (TPSA) is 21.3 Å². The van der Waals surface area contributed by atoms with Crippen LogP contribution < -0.4 is 5.32 Å². The Morgan fingerprint density at radius 3 is 2.78 bits per heavy atom. The highest BCUT2D eigenvalue weighted by Gasteiger charge is 2.28. The Morgan fingerprint density at radius 1 is 1.67 bits per heavy atom. The lowest BCUT2D eigenvalue weighted by Crippen LogP contribution is -2.42. The van der Waals surface area contributed by atoms with E-state index in [1.165, 1.54) is 22.1 Å². The van der Waals surface area contributed by atoms with Crippen molar-refractivity contribution in [3.8, 4) is 0 Å². The summed E-state index contributed by atoms with van der Waals surface area (Å²) in [5, 5.41) is 3.20. The van der Waals surface area contributed by atoms with E-state index in [1.807, 2.05) is 7.05 Å². The van der Waals surface area contributed by atoms with Crippen molar-refractivity contribution >= 4 is 30.4 Å². The minimum atomic E-state index is 0.504. The third-order valence-corrected chi connectivity index (χ3v) is 2.64. The van der Waals surface area contributed by atoms with Crippen molar-refractivity contribution in [3.05, 3.63) is 0 Å². The molecule has 2 nitrogen and oxygen atoms in total. The Hall–Kier alpha value is 1.00. The predicted molar refractivity (Wildman–Crippen MR) is 48.6 cm³/mol. The monoisotopic (exact) mass is 259 g/mol. The summed E-state index contributed by atoms with van der Waals surface area (Å²) in [6, 6.07) is 0.707. The summed E-state index contributed by atoms with van der Waals surface area (Å²) in [7, 11) is 3.44. The van der Waals surface area contributed by atoms with Crippen LogP contribution in [-0.2, 0) is 4.18 Å². The van der Waals surface area contributed by atoms with Gasteiger partial charge >= 0.3 is 0 Å². The maximum Gasteiger partial charge on any atom is 0.0761 e. The van der Waals surface area contributed by atoms with Gasteiger partial charge in [-0.2, -0.15) is 0 Å². The molecular formula is C5H10INOS. The van der Waals surface area contributed by atoms with Crippen LogP contribution in [0.1, 0.15) is 12.8 Å². The van der Waals surface area contributed by atoms with E-state index in [1.54, 1.807) is 0 Å². The van der Waals surface area contributed by atoms with Crippen LogP contribution in [0.15, 0.2) is 0 Å². The minimum absolute atomic E-state index is 0.504. The van der Waals surface area contributed by atoms with E-state index in [0.717, 1.165) is 0 Å². The van der Waals surface area contributed by atoms with E-state index in [2.05, 4.69) is 26.5 Å². The van der Waals surface area contributed by atoms with Crippen molar-refractivity contribution in [1.29, 1.82) is 0 Å². The molecule has 0 saturated heterocycles. The van der Waals surface area contributed by atoms with E-state index < -0.39 is 0 Å². The molecule has 0 aromatic rings. The largest absolute Gasteiger partial charge is 0.317 e. The van der Waals surface area contributed by atoms with Gasteiger partial charge in [0, 0.05) is 27.2 Å². The van der Waals surface area contributed by atoms with Gasteiger partial charge in [-0.15, -0.1) is 0 Å². The number of rotatable bonds is 3. The van der Waals surface area contributed by atoms with Crippen molar-refractivity contribution in [3.63, 3.8) is 0 Å². The first-order valence-electron chi connectivity index (χ1n) is 2.98. The van der Waals surface area contributed by atoms with Gasteiger partial charge in [-0.05, 0) is 19.9 Å². The molecule has 9 heavy (non-hydrogen) atoms. The minimum Gasteiger partial charge on any atom is -0.317 e. The van der Waals surface area contributed by atoms with E-state index in [4.69, 9.17) is 4.18 Å². The highest BCUT2D eigenvalue weighted by atomic mass is 127. The third kappa shape index (κ3) is 2.25. The van der Waals surface area contributed by atoms with E-state index in [-0.39, 0.29) is 0 Å². The SMILES string of the molecule is CNC1CC(OSI)C1. The number of nitrogens with one attached hydrogen (secondary N) is 1. The molecular weight excluding hydrogens is 249 g/mol. The first-order chi connectivity index (χ1) is 4.36. The fourth-order valence-corrected chi connectivity index (χ4v) is 2.07. The molecule has 1 saturated carbocycles. The van der Waals surface area contributed by atoms with Crippen LogP contribution in [0.5, 0.6) is 0 Å². The Kier molecular flexibility index (Phi) is 3.60. The molecule has 0 heterocycles. The molecule has 1 aliphatic carbocycles. The zero-order valence-electron chi connectivity index (χ0n) is 5.26. The van der Waals surface area contributed by atoms with E-state index in [9.17, 15) is 0 Å². The van der Waals surface area contributed by atoms with Crippen LogP contribution >= 0.6 is 30.4 Å². The van der Waals surface area contributed by atoms with Crippen molar-refractivity contribution < 1.29 is 4.18 Å². The molecule has 1 rings (SSSR count). The maximum atomic E-state index is 5.27. The number of hydrogen-bond donors (Lipinski definition) is 1. The maximum absolute atomic E-state index is 5.27. The van der Waals surface area contributed by atoms with Crippen molar-refractivity contribution in [2.75, 3.05) is 7.05 Å². The normalized spacial score (nSPS) is 34.0. The van der Waals surface area contributed by atoms with Crippen LogP contribution in [0.25, 0.3) is 0 Å². The molecule has 4 heteroatoms. The van der Waals surface area contributed by atoms with Gasteiger partial charge in [0.05, 0.1) is 15.3 Å². The zero-order chi connectivity index (χ0) is 6.69. The number of halogens is 1. The van der Waals surface area contributed by atoms with Gasteiger partial charge in [-0.3, -0.25) is 0 Å². The quantitative estimate of drug-likeness (QED) is 0.616. The average Bonchev–Trinajstić information content (AvgIpc) is 1.77. The van der Waals surface area contributed by atoms with Gasteiger partial charge in [0.1, 0.15) is 0 Å². The van der Waals surface area contributed by atoms with Gasteiger partial charge < -0.3 is 9.50 Å². The summed E-state index contributed by atoms with van der Waals surface area (Å²) in [4.78, 5) is 0. The van der Waals surface area contributed by atoms with Gasteiger partial charge in [0.25, 0.3) is 0 Å². The van der Waals surface area contributed by atoms with Gasteiger partial charge in [-0.25, -0.2) is 0 Å². The Bertz CT molecular complexity index is 87.0. The molecule has 1 fully saturated rings. The molecule has 0 radical (unpaired) electrons. The molecule has 0 spiro atoms. The third-order valence-electron chi connectivity index (χ3n) is 1.68. The Morgan fingerprint density at radius 2 is 2.33 bits per heavy atom. The van der Waals surface area contributed by atoms with E-state index >= 15 is 0 Å². The van der Waals surface area contributed by atoms with Crippen LogP contribution in [0.3, 0.4) is 0 Å². The average molecular weight is 259 g/mol. The standard InChI is InChI=1S/C5H10INOS/c1-7-4-2-5(3-4)8-9-6/h4-5,7H,2-3H2,1H3. The smallest absolute Gasteiger partial charge is 0.0761 e. The van der Waals surface area contributed by atoms with Gasteiger partial charge in [0.15, 0.2) is 0 Å². The lowest BCUT2D eigenvalue weighted by Gasteiger charge is -2.33. The molecule has 0 atom stereocenters. The van der Waals surface area contributed by atoms with Gasteiger partial charge in [0.2, 0.25) is 0 Å². The number of hydrogen-bond acceptors (Lipinski definition) is 3. The molecule has 0 aromatic heterocycles. The van der Waals surface area contributed by atoms with Crippen LogP contribution in [-0.4, -0.2) is 19.2 Å². The molecule has 0 unspecified atom stereocenters. The second kappa shape index (κ2) is 4.00. The van der Waals surface area contributed by atoms with E-state index in [0.29, 0.717) is 12.1 Å². The predicted octanol–water partition coefficient (Wildman–Crippen LogP) is 1.75. The van der Waals surface area contributed by atoms with Gasteiger partial charge in [-0.1, -0.05) is 0 Å². The summed E-state index contributed by atoms with van der Waals surface area (Å²) in [6.45, 7) is 0. The van der Waals surface area contributed by atoms with Crippen LogP contribution in [0.4, 0.5) is 0 Å². The molecule has 1 aliphatic rings. The fourth-order valence-electron chi connectivity index (χ4n) is 0.931. The molecule has 0 aromatic carbocycles. The molecule has 0 aliphatic heterocycles. The highest BCUT2D eigenvalue weighted by Crippen LogP contribution is 2.29. The lowest BCUT2D eigenvalue weighted by molar-refractivity contribution is 0.113. The lowest BCUT2D eigenvalue weighted by atomic mass is 9.90. The summed E-state index contributed by atoms with van der Waals surface area (Å²) in [5.74, 6) is 0. The van der Waals surface area contributed by atoms with Crippen molar-refractivity contribution in [2.45, 2.75) is 25.0 Å². The second-order valence-electron chi connectivity index (χ2n) is 2.24. The summed E-state index contributed by atoms with van der Waals surface area (Å²) < 4.78 is 5.27. The molecule has 1 N–H and O–H groups in total. The molecule has 54 valence electrons.